The van der Waals surface area contributed by atoms with Crippen molar-refractivity contribution in [3.63, 3.8) is 0 Å². The summed E-state index contributed by atoms with van der Waals surface area (Å²) in [4.78, 5) is 12.2. The number of benzene rings is 3. The molecule has 30 heavy (non-hydrogen) atoms. The number of carbonyl (C=O) groups excluding carboxylic acids is 1. The second-order valence-corrected chi connectivity index (χ2v) is 6.91. The second-order valence-electron chi connectivity index (χ2n) is 6.91. The number of esters is 1. The Kier molecular flexibility index (Phi) is 7.40. The molecule has 152 valence electrons. The number of para-hydroxylation sites is 1. The third-order valence-electron chi connectivity index (χ3n) is 4.76. The third-order valence-corrected chi connectivity index (χ3v) is 4.76. The SMILES string of the molecule is CC(O)OCC(CC#CC(=O)Oc1ccccc1)(c1ccccc1)c1ccccc1. The van der Waals surface area contributed by atoms with E-state index in [9.17, 15) is 9.90 Å². The first-order valence-corrected chi connectivity index (χ1v) is 9.77. The maximum Gasteiger partial charge on any atom is 0.389 e. The Hall–Kier alpha value is -3.39. The topological polar surface area (TPSA) is 55.8 Å². The molecule has 1 atom stereocenters. The number of aliphatic hydroxyl groups is 1. The van der Waals surface area contributed by atoms with Crippen molar-refractivity contribution in [2.75, 3.05) is 6.61 Å². The van der Waals surface area contributed by atoms with Crippen LogP contribution in [0.1, 0.15) is 24.5 Å². The number of aliphatic hydroxyl groups excluding tert-OH is 1. The molecule has 0 saturated heterocycles. The highest BCUT2D eigenvalue weighted by Crippen LogP contribution is 2.36. The van der Waals surface area contributed by atoms with Crippen molar-refractivity contribution in [3.05, 3.63) is 102 Å². The molecule has 1 unspecified atom stereocenters. The lowest BCUT2D eigenvalue weighted by atomic mass is 9.72. The highest BCUT2D eigenvalue weighted by molar-refractivity contribution is 5.90. The zero-order valence-corrected chi connectivity index (χ0v) is 16.8. The molecule has 1 N–H and O–H groups in total. The van der Waals surface area contributed by atoms with Gasteiger partial charge in [0, 0.05) is 12.3 Å². The van der Waals surface area contributed by atoms with E-state index in [1.165, 1.54) is 0 Å². The lowest BCUT2D eigenvalue weighted by molar-refractivity contribution is -0.128. The molecule has 4 nitrogen and oxygen atoms in total. The zero-order chi connectivity index (χ0) is 21.2. The first-order chi connectivity index (χ1) is 14.6. The van der Waals surface area contributed by atoms with E-state index in [2.05, 4.69) is 11.8 Å². The van der Waals surface area contributed by atoms with Crippen LogP contribution in [0.4, 0.5) is 0 Å². The van der Waals surface area contributed by atoms with Crippen molar-refractivity contribution in [1.82, 2.24) is 0 Å². The molecule has 3 aromatic carbocycles. The predicted molar refractivity (Wildman–Crippen MR) is 116 cm³/mol. The maximum absolute atomic E-state index is 12.2. The van der Waals surface area contributed by atoms with Crippen LogP contribution in [-0.4, -0.2) is 24.0 Å². The number of hydrogen-bond acceptors (Lipinski definition) is 4. The maximum atomic E-state index is 12.2. The summed E-state index contributed by atoms with van der Waals surface area (Å²) in [6.07, 6.45) is -0.606. The van der Waals surface area contributed by atoms with Gasteiger partial charge in [0.15, 0.2) is 6.29 Å². The summed E-state index contributed by atoms with van der Waals surface area (Å²) in [6.45, 7) is 1.78. The summed E-state index contributed by atoms with van der Waals surface area (Å²) in [6, 6.07) is 28.5. The van der Waals surface area contributed by atoms with Gasteiger partial charge in [0.1, 0.15) is 5.75 Å². The van der Waals surface area contributed by atoms with Gasteiger partial charge in [0.25, 0.3) is 0 Å². The molecule has 0 fully saturated rings. The van der Waals surface area contributed by atoms with Crippen LogP contribution in [0.3, 0.4) is 0 Å². The quantitative estimate of drug-likeness (QED) is 0.211. The molecule has 3 aromatic rings. The molecule has 0 aromatic heterocycles. The van der Waals surface area contributed by atoms with Crippen LogP contribution in [0, 0.1) is 11.8 Å². The highest BCUT2D eigenvalue weighted by Gasteiger charge is 2.34. The van der Waals surface area contributed by atoms with Gasteiger partial charge >= 0.3 is 5.97 Å². The van der Waals surface area contributed by atoms with Crippen molar-refractivity contribution in [1.29, 1.82) is 0 Å². The minimum atomic E-state index is -0.923. The first-order valence-electron chi connectivity index (χ1n) is 9.77. The standard InChI is InChI=1S/C26H24O4/c1-21(27)29-20-26(22-12-5-2-6-13-22,23-14-7-3-8-15-23)19-11-18-25(28)30-24-16-9-4-10-17-24/h2-10,12-17,21,27H,19-20H2,1H3. The molecular formula is C26H24O4. The van der Waals surface area contributed by atoms with Crippen LogP contribution in [0.15, 0.2) is 91.0 Å². The molecule has 0 aliphatic carbocycles. The van der Waals surface area contributed by atoms with Gasteiger partial charge < -0.3 is 14.6 Å². The van der Waals surface area contributed by atoms with Gasteiger partial charge in [-0.2, -0.15) is 0 Å². The molecule has 0 bridgehead atoms. The van der Waals surface area contributed by atoms with Gasteiger partial charge in [0.2, 0.25) is 0 Å². The molecule has 0 aliphatic heterocycles. The largest absolute Gasteiger partial charge is 0.417 e. The molecular weight excluding hydrogens is 376 g/mol. The molecule has 0 saturated carbocycles. The van der Waals surface area contributed by atoms with E-state index in [4.69, 9.17) is 9.47 Å². The lowest BCUT2D eigenvalue weighted by Crippen LogP contribution is -2.34. The summed E-state index contributed by atoms with van der Waals surface area (Å²) >= 11 is 0. The summed E-state index contributed by atoms with van der Waals surface area (Å²) in [5, 5.41) is 9.75. The molecule has 0 radical (unpaired) electrons. The van der Waals surface area contributed by atoms with Crippen molar-refractivity contribution in [2.24, 2.45) is 0 Å². The Morgan fingerprint density at radius 2 is 1.40 bits per heavy atom. The van der Waals surface area contributed by atoms with Crippen molar-refractivity contribution in [3.8, 4) is 17.6 Å². The summed E-state index contributed by atoms with van der Waals surface area (Å²) in [7, 11) is 0. The van der Waals surface area contributed by atoms with Crippen molar-refractivity contribution >= 4 is 5.97 Å². The first kappa shape index (κ1) is 21.3. The number of carbonyl (C=O) groups is 1. The zero-order valence-electron chi connectivity index (χ0n) is 16.8. The summed E-state index contributed by atoms with van der Waals surface area (Å²) in [5.74, 6) is 5.40. The number of hydrogen-bond donors (Lipinski definition) is 1. The minimum Gasteiger partial charge on any atom is -0.417 e. The fraction of sp³-hybridized carbons (Fsp3) is 0.192. The van der Waals surface area contributed by atoms with Crippen LogP contribution in [0.5, 0.6) is 5.75 Å². The fourth-order valence-electron chi connectivity index (χ4n) is 3.25. The van der Waals surface area contributed by atoms with E-state index >= 15 is 0 Å². The van der Waals surface area contributed by atoms with Gasteiger partial charge in [0.05, 0.1) is 12.0 Å². The van der Waals surface area contributed by atoms with E-state index in [1.54, 1.807) is 31.2 Å². The second kappa shape index (κ2) is 10.4. The summed E-state index contributed by atoms with van der Waals surface area (Å²) in [5.41, 5.74) is 1.32. The van der Waals surface area contributed by atoms with Crippen LogP contribution in [0.2, 0.25) is 0 Å². The Bertz CT molecular complexity index is 947. The monoisotopic (exact) mass is 400 g/mol. The van der Waals surface area contributed by atoms with Gasteiger partial charge in [-0.15, -0.1) is 0 Å². The van der Waals surface area contributed by atoms with E-state index < -0.39 is 17.7 Å². The number of rotatable bonds is 7. The Balaban J connectivity index is 1.92. The van der Waals surface area contributed by atoms with Crippen LogP contribution in [0.25, 0.3) is 0 Å². The highest BCUT2D eigenvalue weighted by atomic mass is 16.6. The van der Waals surface area contributed by atoms with Crippen molar-refractivity contribution in [2.45, 2.75) is 25.0 Å². The average molecular weight is 400 g/mol. The molecule has 0 spiro atoms. The lowest BCUT2D eigenvalue weighted by Gasteiger charge is -2.34. The molecule has 0 amide bonds. The van der Waals surface area contributed by atoms with E-state index in [1.807, 2.05) is 66.7 Å². The van der Waals surface area contributed by atoms with Crippen molar-refractivity contribution < 1.29 is 19.4 Å². The van der Waals surface area contributed by atoms with Gasteiger partial charge in [-0.1, -0.05) is 84.8 Å². The van der Waals surface area contributed by atoms with E-state index in [0.717, 1.165) is 11.1 Å². The van der Waals surface area contributed by atoms with E-state index in [-0.39, 0.29) is 6.61 Å². The van der Waals surface area contributed by atoms with Crippen LogP contribution in [-0.2, 0) is 14.9 Å². The van der Waals surface area contributed by atoms with Gasteiger partial charge in [-0.25, -0.2) is 4.79 Å². The van der Waals surface area contributed by atoms with Crippen LogP contribution < -0.4 is 4.74 Å². The van der Waals surface area contributed by atoms with Gasteiger partial charge in [-0.3, -0.25) is 0 Å². The Labute approximate surface area is 177 Å². The van der Waals surface area contributed by atoms with Gasteiger partial charge in [-0.05, 0) is 30.2 Å². The average Bonchev–Trinajstić information content (AvgIpc) is 2.78. The van der Waals surface area contributed by atoms with Crippen LogP contribution >= 0.6 is 0 Å². The summed E-state index contributed by atoms with van der Waals surface area (Å²) < 4.78 is 10.9. The Morgan fingerprint density at radius 3 is 1.90 bits per heavy atom. The third kappa shape index (κ3) is 5.57. The minimum absolute atomic E-state index is 0.209. The predicted octanol–water partition coefficient (Wildman–Crippen LogP) is 4.33. The number of ether oxygens (including phenoxy) is 2. The molecule has 4 heteroatoms. The molecule has 0 heterocycles. The smallest absolute Gasteiger partial charge is 0.389 e. The normalized spacial score (nSPS) is 11.8. The molecule has 0 aliphatic rings. The Morgan fingerprint density at radius 1 is 0.900 bits per heavy atom. The van der Waals surface area contributed by atoms with E-state index in [0.29, 0.717) is 12.2 Å². The molecule has 3 rings (SSSR count). The fourth-order valence-corrected chi connectivity index (χ4v) is 3.25.